The largest absolute Gasteiger partial charge is 0.343 e. The summed E-state index contributed by atoms with van der Waals surface area (Å²) in [5.41, 5.74) is 1.58. The highest BCUT2D eigenvalue weighted by Crippen LogP contribution is 2.39. The van der Waals surface area contributed by atoms with E-state index in [1.165, 1.54) is 17.4 Å². The maximum absolute atomic E-state index is 11.9. The third kappa shape index (κ3) is 2.63. The molecule has 0 radical (unpaired) electrons. The summed E-state index contributed by atoms with van der Waals surface area (Å²) in [7, 11) is 0. The van der Waals surface area contributed by atoms with Gasteiger partial charge in [-0.1, -0.05) is 12.1 Å². The van der Waals surface area contributed by atoms with Crippen LogP contribution in [0.15, 0.2) is 42.5 Å². The van der Waals surface area contributed by atoms with Gasteiger partial charge in [0.05, 0.1) is 15.8 Å². The van der Waals surface area contributed by atoms with Crippen molar-refractivity contribution in [1.29, 1.82) is 0 Å². The molecule has 1 aromatic carbocycles. The molecule has 1 aliphatic carbocycles. The van der Waals surface area contributed by atoms with Crippen LogP contribution in [0, 0.1) is 0 Å². The normalized spacial score (nSPS) is 17.0. The third-order valence-electron chi connectivity index (χ3n) is 3.37. The van der Waals surface area contributed by atoms with Crippen LogP contribution in [-0.2, 0) is 14.3 Å². The number of aromatic nitrogens is 1. The van der Waals surface area contributed by atoms with Gasteiger partial charge in [-0.05, 0) is 44.2 Å². The van der Waals surface area contributed by atoms with Crippen molar-refractivity contribution in [1.82, 2.24) is 4.98 Å². The first-order valence-corrected chi connectivity index (χ1v) is 8.09. The lowest BCUT2D eigenvalue weighted by atomic mass is 9.98. The predicted molar refractivity (Wildman–Crippen MR) is 87.7 cm³/mol. The van der Waals surface area contributed by atoms with Crippen molar-refractivity contribution in [3.8, 4) is 0 Å². The van der Waals surface area contributed by atoms with Gasteiger partial charge < -0.3 is 9.47 Å². The highest BCUT2D eigenvalue weighted by Gasteiger charge is 2.38. The van der Waals surface area contributed by atoms with Crippen molar-refractivity contribution < 1.29 is 14.3 Å². The second-order valence-electron chi connectivity index (χ2n) is 4.81. The van der Waals surface area contributed by atoms with Crippen LogP contribution in [-0.4, -0.2) is 29.8 Å². The average Bonchev–Trinajstić information content (AvgIpc) is 2.94. The molecule has 114 valence electrons. The molecule has 3 rings (SSSR count). The Kier molecular flexibility index (Phi) is 4.20. The van der Waals surface area contributed by atoms with Gasteiger partial charge >= 0.3 is 0 Å². The molecular weight excluding hydrogens is 298 g/mol. The minimum Gasteiger partial charge on any atom is -0.343 e. The van der Waals surface area contributed by atoms with Gasteiger partial charge in [0.1, 0.15) is 5.01 Å². The lowest BCUT2D eigenvalue weighted by Gasteiger charge is -2.33. The van der Waals surface area contributed by atoms with Gasteiger partial charge in [-0.15, -0.1) is 11.3 Å². The van der Waals surface area contributed by atoms with Crippen LogP contribution in [0.2, 0.25) is 0 Å². The summed E-state index contributed by atoms with van der Waals surface area (Å²) in [6.45, 7) is 4.75. The number of fused-ring (bicyclic) bond motifs is 1. The molecule has 2 aromatic rings. The van der Waals surface area contributed by atoms with Crippen LogP contribution in [0.4, 0.5) is 0 Å². The molecule has 0 unspecified atom stereocenters. The molecule has 1 aliphatic rings. The maximum atomic E-state index is 11.9. The van der Waals surface area contributed by atoms with E-state index in [-0.39, 0.29) is 5.78 Å². The highest BCUT2D eigenvalue weighted by molar-refractivity contribution is 7.19. The van der Waals surface area contributed by atoms with Gasteiger partial charge in [-0.25, -0.2) is 4.98 Å². The summed E-state index contributed by atoms with van der Waals surface area (Å²) in [5, 5.41) is 0.751. The van der Waals surface area contributed by atoms with E-state index >= 15 is 0 Å². The second kappa shape index (κ2) is 6.12. The van der Waals surface area contributed by atoms with E-state index in [0.717, 1.165) is 15.2 Å². The Morgan fingerprint density at radius 1 is 1.18 bits per heavy atom. The van der Waals surface area contributed by atoms with Crippen LogP contribution in [0.3, 0.4) is 0 Å². The van der Waals surface area contributed by atoms with Crippen molar-refractivity contribution in [3.63, 3.8) is 0 Å². The number of allylic oxidation sites excluding steroid dienone is 2. The third-order valence-corrected chi connectivity index (χ3v) is 4.44. The van der Waals surface area contributed by atoms with Gasteiger partial charge in [0, 0.05) is 13.2 Å². The SMILES string of the molecule is CCOC1(OCC)C=CC(=O)C=C1c1nc2ccccc2s1. The Morgan fingerprint density at radius 2 is 1.91 bits per heavy atom. The van der Waals surface area contributed by atoms with Gasteiger partial charge in [0.15, 0.2) is 5.78 Å². The first-order valence-electron chi connectivity index (χ1n) is 7.27. The monoisotopic (exact) mass is 315 g/mol. The molecule has 0 atom stereocenters. The maximum Gasteiger partial charge on any atom is 0.218 e. The Labute approximate surface area is 133 Å². The molecule has 0 amide bonds. The van der Waals surface area contributed by atoms with Crippen LogP contribution in [0.25, 0.3) is 15.8 Å². The lowest BCUT2D eigenvalue weighted by molar-refractivity contribution is -0.158. The molecule has 0 bridgehead atoms. The summed E-state index contributed by atoms with van der Waals surface area (Å²) in [4.78, 5) is 16.5. The molecule has 0 aliphatic heterocycles. The number of thiazole rings is 1. The fourth-order valence-electron chi connectivity index (χ4n) is 2.49. The first-order chi connectivity index (χ1) is 10.7. The minimum absolute atomic E-state index is 0.0794. The van der Waals surface area contributed by atoms with E-state index in [1.807, 2.05) is 38.1 Å². The van der Waals surface area contributed by atoms with Gasteiger partial charge in [0.2, 0.25) is 5.79 Å². The van der Waals surface area contributed by atoms with E-state index < -0.39 is 5.79 Å². The Bertz CT molecular complexity index is 721. The number of ether oxygens (including phenoxy) is 2. The van der Waals surface area contributed by atoms with Gasteiger partial charge in [-0.2, -0.15) is 0 Å². The zero-order valence-corrected chi connectivity index (χ0v) is 13.4. The topological polar surface area (TPSA) is 48.4 Å². The van der Waals surface area contributed by atoms with Crippen LogP contribution < -0.4 is 0 Å². The number of para-hydroxylation sites is 1. The molecular formula is C17H17NO3S. The van der Waals surface area contributed by atoms with E-state index in [9.17, 15) is 4.79 Å². The molecule has 4 nitrogen and oxygen atoms in total. The number of nitrogens with zero attached hydrogens (tertiary/aromatic N) is 1. The Balaban J connectivity index is 2.12. The van der Waals surface area contributed by atoms with Crippen molar-refractivity contribution in [2.45, 2.75) is 19.6 Å². The number of carbonyl (C=O) groups excluding carboxylic acids is 1. The highest BCUT2D eigenvalue weighted by atomic mass is 32.1. The number of hydrogen-bond acceptors (Lipinski definition) is 5. The van der Waals surface area contributed by atoms with E-state index in [0.29, 0.717) is 18.8 Å². The molecule has 1 heterocycles. The Morgan fingerprint density at radius 3 is 2.59 bits per heavy atom. The number of benzene rings is 1. The number of carbonyl (C=O) groups is 1. The summed E-state index contributed by atoms with van der Waals surface area (Å²) >= 11 is 1.53. The number of rotatable bonds is 5. The van der Waals surface area contributed by atoms with Crippen molar-refractivity contribution in [2.75, 3.05) is 13.2 Å². The minimum atomic E-state index is -1.04. The molecule has 0 saturated carbocycles. The summed E-state index contributed by atoms with van der Waals surface area (Å²) in [6.07, 6.45) is 4.73. The van der Waals surface area contributed by atoms with Crippen molar-refractivity contribution in [3.05, 3.63) is 47.5 Å². The standard InChI is InChI=1S/C17H17NO3S/c1-3-20-17(21-4-2)10-9-12(19)11-13(17)16-18-14-7-5-6-8-15(14)22-16/h5-11H,3-4H2,1-2H3. The van der Waals surface area contributed by atoms with Crippen LogP contribution in [0.5, 0.6) is 0 Å². The summed E-state index contributed by atoms with van der Waals surface area (Å²) < 4.78 is 12.8. The van der Waals surface area contributed by atoms with Gasteiger partial charge in [0.25, 0.3) is 0 Å². The van der Waals surface area contributed by atoms with Crippen molar-refractivity contribution in [2.24, 2.45) is 0 Å². The Hall–Kier alpha value is -1.82. The predicted octanol–water partition coefficient (Wildman–Crippen LogP) is 3.59. The molecule has 0 fully saturated rings. The summed E-state index contributed by atoms with van der Waals surface area (Å²) in [6, 6.07) is 7.90. The molecule has 0 spiro atoms. The van der Waals surface area contributed by atoms with E-state index in [2.05, 4.69) is 4.98 Å². The average molecular weight is 315 g/mol. The molecule has 22 heavy (non-hydrogen) atoms. The zero-order chi connectivity index (χ0) is 15.6. The molecule has 5 heteroatoms. The first kappa shape index (κ1) is 15.1. The smallest absolute Gasteiger partial charge is 0.218 e. The number of ketones is 1. The van der Waals surface area contributed by atoms with Crippen LogP contribution in [0.1, 0.15) is 18.9 Å². The second-order valence-corrected chi connectivity index (χ2v) is 5.84. The summed E-state index contributed by atoms with van der Waals surface area (Å²) in [5.74, 6) is -1.12. The molecule has 0 N–H and O–H groups in total. The van der Waals surface area contributed by atoms with Crippen LogP contribution >= 0.6 is 11.3 Å². The molecule has 1 aromatic heterocycles. The van der Waals surface area contributed by atoms with Crippen molar-refractivity contribution >= 4 is 32.9 Å². The van der Waals surface area contributed by atoms with E-state index in [1.54, 1.807) is 12.2 Å². The lowest BCUT2D eigenvalue weighted by Crippen LogP contribution is -2.37. The fourth-order valence-corrected chi connectivity index (χ4v) is 3.52. The molecule has 0 saturated heterocycles. The van der Waals surface area contributed by atoms with E-state index in [4.69, 9.17) is 9.47 Å². The quantitative estimate of drug-likeness (QED) is 0.791. The fraction of sp³-hybridized carbons (Fsp3) is 0.294. The zero-order valence-electron chi connectivity index (χ0n) is 12.5. The van der Waals surface area contributed by atoms with Gasteiger partial charge in [-0.3, -0.25) is 4.79 Å². The number of hydrogen-bond donors (Lipinski definition) is 0.